The summed E-state index contributed by atoms with van der Waals surface area (Å²) in [5, 5.41) is -0.636. The van der Waals surface area contributed by atoms with E-state index < -0.39 is 17.0 Å². The van der Waals surface area contributed by atoms with Gasteiger partial charge in [-0.2, -0.15) is 13.2 Å². The number of nitrogens with two attached hydrogens (primary N) is 1. The maximum Gasteiger partial charge on any atom is 0.416 e. The van der Waals surface area contributed by atoms with E-state index in [-0.39, 0.29) is 11.3 Å². The molecule has 7 heteroatoms. The highest BCUT2D eigenvalue weighted by Crippen LogP contribution is 2.38. The summed E-state index contributed by atoms with van der Waals surface area (Å²) in [6, 6.07) is 9.63. The molecule has 2 N–H and O–H groups in total. The lowest BCUT2D eigenvalue weighted by atomic mass is 10.2. The van der Waals surface area contributed by atoms with Crippen molar-refractivity contribution in [3.63, 3.8) is 0 Å². The molecule has 0 radical (unpaired) electrons. The summed E-state index contributed by atoms with van der Waals surface area (Å²) in [4.78, 5) is 12.3. The van der Waals surface area contributed by atoms with Gasteiger partial charge in [0.1, 0.15) is 0 Å². The summed E-state index contributed by atoms with van der Waals surface area (Å²) >= 11 is 6.56. The third-order valence-electron chi connectivity index (χ3n) is 2.66. The van der Waals surface area contributed by atoms with Crippen LogP contribution < -0.4 is 5.73 Å². The van der Waals surface area contributed by atoms with Crippen molar-refractivity contribution >= 4 is 34.3 Å². The van der Waals surface area contributed by atoms with Gasteiger partial charge < -0.3 is 5.73 Å². The van der Waals surface area contributed by atoms with E-state index in [1.54, 1.807) is 18.2 Å². The van der Waals surface area contributed by atoms with Crippen LogP contribution in [0.2, 0.25) is 0 Å². The van der Waals surface area contributed by atoms with E-state index in [1.807, 2.05) is 0 Å². The van der Waals surface area contributed by atoms with E-state index in [4.69, 9.17) is 17.3 Å². The summed E-state index contributed by atoms with van der Waals surface area (Å²) in [5.74, 6) is 0. The first-order valence-electron chi connectivity index (χ1n) is 5.72. The molecule has 110 valence electrons. The van der Waals surface area contributed by atoms with Crippen LogP contribution in [0.25, 0.3) is 0 Å². The molecule has 2 rings (SSSR count). The van der Waals surface area contributed by atoms with Crippen LogP contribution in [0.1, 0.15) is 15.9 Å². The van der Waals surface area contributed by atoms with Gasteiger partial charge in [-0.15, -0.1) is 0 Å². The molecule has 0 aliphatic rings. The van der Waals surface area contributed by atoms with Gasteiger partial charge in [0.25, 0.3) is 5.24 Å². The van der Waals surface area contributed by atoms with Crippen LogP contribution in [-0.2, 0) is 6.18 Å². The van der Waals surface area contributed by atoms with Crippen LogP contribution >= 0.6 is 23.4 Å². The Kier molecular flexibility index (Phi) is 4.49. The van der Waals surface area contributed by atoms with E-state index in [9.17, 15) is 18.0 Å². The molecule has 0 saturated carbocycles. The predicted octanol–water partition coefficient (Wildman–Crippen LogP) is 4.82. The fraction of sp³-hybridized carbons (Fsp3) is 0.0714. The molecule has 0 saturated heterocycles. The van der Waals surface area contributed by atoms with Crippen molar-refractivity contribution in [2.24, 2.45) is 0 Å². The standard InChI is InChI=1S/C14H9ClF3NOS/c15-13(20)9-3-1-2-4-11(9)21-12-6-5-8(7-10(12)19)14(16,17)18/h1-7H,19H2. The van der Waals surface area contributed by atoms with E-state index in [2.05, 4.69) is 0 Å². The van der Waals surface area contributed by atoms with Gasteiger partial charge in [-0.3, -0.25) is 4.79 Å². The number of halogens is 4. The topological polar surface area (TPSA) is 43.1 Å². The van der Waals surface area contributed by atoms with Gasteiger partial charge in [-0.1, -0.05) is 23.9 Å². The Morgan fingerprint density at radius 3 is 2.33 bits per heavy atom. The Balaban J connectivity index is 2.35. The monoisotopic (exact) mass is 331 g/mol. The van der Waals surface area contributed by atoms with Crippen LogP contribution in [-0.4, -0.2) is 5.24 Å². The number of carbonyl (C=O) groups excluding carboxylic acids is 1. The van der Waals surface area contributed by atoms with Crippen molar-refractivity contribution in [1.82, 2.24) is 0 Å². The minimum absolute atomic E-state index is 0.00773. The van der Waals surface area contributed by atoms with Gasteiger partial charge in [0.2, 0.25) is 0 Å². The lowest BCUT2D eigenvalue weighted by Gasteiger charge is -2.11. The molecule has 0 aromatic heterocycles. The number of hydrogen-bond acceptors (Lipinski definition) is 3. The summed E-state index contributed by atoms with van der Waals surface area (Å²) in [6.45, 7) is 0. The van der Waals surface area contributed by atoms with Crippen molar-refractivity contribution in [2.75, 3.05) is 5.73 Å². The number of anilines is 1. The maximum absolute atomic E-state index is 12.6. The van der Waals surface area contributed by atoms with E-state index in [0.29, 0.717) is 9.79 Å². The fourth-order valence-electron chi connectivity index (χ4n) is 1.65. The Bertz CT molecular complexity index is 688. The minimum Gasteiger partial charge on any atom is -0.398 e. The Labute approximate surface area is 128 Å². The summed E-state index contributed by atoms with van der Waals surface area (Å²) in [7, 11) is 0. The van der Waals surface area contributed by atoms with Crippen molar-refractivity contribution in [3.8, 4) is 0 Å². The molecule has 0 unspecified atom stereocenters. The first-order valence-corrected chi connectivity index (χ1v) is 6.92. The Hall–Kier alpha value is -1.66. The second kappa shape index (κ2) is 5.99. The minimum atomic E-state index is -4.44. The van der Waals surface area contributed by atoms with Crippen LogP contribution in [0.3, 0.4) is 0 Å². The molecule has 0 aliphatic heterocycles. The quantitative estimate of drug-likeness (QED) is 0.648. The highest BCUT2D eigenvalue weighted by molar-refractivity contribution is 7.99. The van der Waals surface area contributed by atoms with Gasteiger partial charge >= 0.3 is 6.18 Å². The molecule has 2 nitrogen and oxygen atoms in total. The predicted molar refractivity (Wildman–Crippen MR) is 76.6 cm³/mol. The molecule has 0 bridgehead atoms. The first-order chi connectivity index (χ1) is 9.79. The summed E-state index contributed by atoms with van der Waals surface area (Å²) < 4.78 is 37.7. The SMILES string of the molecule is Nc1cc(C(F)(F)F)ccc1Sc1ccccc1C(=O)Cl. The van der Waals surface area contributed by atoms with Crippen LogP contribution in [0.4, 0.5) is 18.9 Å². The third-order valence-corrected chi connectivity index (χ3v) is 4.03. The number of carbonyl (C=O) groups is 1. The molecular formula is C14H9ClF3NOS. The number of benzene rings is 2. The zero-order chi connectivity index (χ0) is 15.6. The largest absolute Gasteiger partial charge is 0.416 e. The van der Waals surface area contributed by atoms with Crippen molar-refractivity contribution in [1.29, 1.82) is 0 Å². The molecule has 0 spiro atoms. The highest BCUT2D eigenvalue weighted by Gasteiger charge is 2.30. The molecule has 0 atom stereocenters. The highest BCUT2D eigenvalue weighted by atomic mass is 35.5. The van der Waals surface area contributed by atoms with E-state index in [1.165, 1.54) is 12.1 Å². The van der Waals surface area contributed by atoms with Gasteiger partial charge in [0.05, 0.1) is 5.56 Å². The normalized spacial score (nSPS) is 11.4. The zero-order valence-electron chi connectivity index (χ0n) is 10.4. The van der Waals surface area contributed by atoms with E-state index >= 15 is 0 Å². The second-order valence-corrected chi connectivity index (χ2v) is 5.55. The molecular weight excluding hydrogens is 323 g/mol. The lowest BCUT2D eigenvalue weighted by molar-refractivity contribution is -0.137. The van der Waals surface area contributed by atoms with Gasteiger partial charge in [-0.25, -0.2) is 0 Å². The fourth-order valence-corrected chi connectivity index (χ4v) is 2.84. The van der Waals surface area contributed by atoms with Gasteiger partial charge in [-0.05, 0) is 41.9 Å². The molecule has 2 aromatic rings. The van der Waals surface area contributed by atoms with Crippen molar-refractivity contribution in [3.05, 3.63) is 53.6 Å². The number of alkyl halides is 3. The first kappa shape index (κ1) is 15.7. The zero-order valence-corrected chi connectivity index (χ0v) is 12.0. The molecule has 0 fully saturated rings. The molecule has 0 heterocycles. The van der Waals surface area contributed by atoms with Crippen molar-refractivity contribution < 1.29 is 18.0 Å². The Morgan fingerprint density at radius 1 is 1.10 bits per heavy atom. The number of hydrogen-bond donors (Lipinski definition) is 1. The second-order valence-electron chi connectivity index (χ2n) is 4.12. The van der Waals surface area contributed by atoms with Gasteiger partial charge in [0, 0.05) is 21.0 Å². The van der Waals surface area contributed by atoms with Gasteiger partial charge in [0.15, 0.2) is 0 Å². The molecule has 0 amide bonds. The van der Waals surface area contributed by atoms with Crippen molar-refractivity contribution in [2.45, 2.75) is 16.0 Å². The number of rotatable bonds is 3. The average Bonchev–Trinajstić information content (AvgIpc) is 2.40. The average molecular weight is 332 g/mol. The molecule has 21 heavy (non-hydrogen) atoms. The smallest absolute Gasteiger partial charge is 0.398 e. The third kappa shape index (κ3) is 3.71. The Morgan fingerprint density at radius 2 is 1.76 bits per heavy atom. The summed E-state index contributed by atoms with van der Waals surface area (Å²) in [6.07, 6.45) is -4.44. The number of nitrogen functional groups attached to an aromatic ring is 1. The summed E-state index contributed by atoms with van der Waals surface area (Å²) in [5.41, 5.74) is 5.11. The molecule has 2 aromatic carbocycles. The van der Waals surface area contributed by atoms with E-state index in [0.717, 1.165) is 23.9 Å². The van der Waals surface area contributed by atoms with Crippen LogP contribution in [0.5, 0.6) is 0 Å². The molecule has 0 aliphatic carbocycles. The van der Waals surface area contributed by atoms with Crippen LogP contribution in [0.15, 0.2) is 52.3 Å². The lowest BCUT2D eigenvalue weighted by Crippen LogP contribution is -2.05. The maximum atomic E-state index is 12.6. The van der Waals surface area contributed by atoms with Crippen LogP contribution in [0, 0.1) is 0 Å².